The van der Waals surface area contributed by atoms with Crippen LogP contribution in [0.4, 0.5) is 9.93 Å². The lowest BCUT2D eigenvalue weighted by atomic mass is 10.0. The molecule has 3 N–H and O–H groups in total. The molecule has 0 aliphatic carbocycles. The molecule has 0 spiro atoms. The van der Waals surface area contributed by atoms with Crippen molar-refractivity contribution in [2.75, 3.05) is 19.0 Å². The highest BCUT2D eigenvalue weighted by Gasteiger charge is 2.53. The Morgan fingerprint density at radius 2 is 1.71 bits per heavy atom. The molecular formula is C37H38N6O10S2. The van der Waals surface area contributed by atoms with Crippen molar-refractivity contribution in [3.8, 4) is 0 Å². The Hall–Kier alpha value is -6.01. The molecule has 1 fully saturated rings. The van der Waals surface area contributed by atoms with Crippen LogP contribution in [-0.2, 0) is 43.0 Å². The van der Waals surface area contributed by atoms with Crippen LogP contribution in [0.25, 0.3) is 0 Å². The number of ether oxygens (including phenoxy) is 3. The van der Waals surface area contributed by atoms with Gasteiger partial charge < -0.3 is 39.9 Å². The number of nitrogens with zero attached hydrogens (tertiary/aromatic N) is 3. The number of aromatic nitrogens is 1. The van der Waals surface area contributed by atoms with E-state index < -0.39 is 70.9 Å². The van der Waals surface area contributed by atoms with Crippen LogP contribution < -0.4 is 16.0 Å². The van der Waals surface area contributed by atoms with Gasteiger partial charge in [-0.1, -0.05) is 78.5 Å². The summed E-state index contributed by atoms with van der Waals surface area (Å²) in [6.07, 6.45) is 1.46. The third kappa shape index (κ3) is 9.95. The number of thiazole rings is 1. The minimum absolute atomic E-state index is 0.0934. The Bertz CT molecular complexity index is 1940. The van der Waals surface area contributed by atoms with E-state index in [4.69, 9.17) is 19.0 Å². The van der Waals surface area contributed by atoms with Crippen molar-refractivity contribution in [2.24, 2.45) is 5.16 Å². The molecular weight excluding hydrogens is 753 g/mol. The zero-order chi connectivity index (χ0) is 39.7. The van der Waals surface area contributed by atoms with Crippen LogP contribution in [0, 0.1) is 0 Å². The van der Waals surface area contributed by atoms with Gasteiger partial charge in [-0.15, -0.1) is 23.1 Å². The summed E-state index contributed by atoms with van der Waals surface area (Å²) in [5.41, 5.74) is 0.608. The van der Waals surface area contributed by atoms with Crippen molar-refractivity contribution in [2.45, 2.75) is 55.2 Å². The number of oxime groups is 1. The van der Waals surface area contributed by atoms with Crippen LogP contribution in [-0.4, -0.2) is 93.9 Å². The molecule has 2 aromatic carbocycles. The fourth-order valence-electron chi connectivity index (χ4n) is 5.35. The highest BCUT2D eigenvalue weighted by atomic mass is 32.2. The van der Waals surface area contributed by atoms with Gasteiger partial charge >= 0.3 is 18.0 Å². The van der Waals surface area contributed by atoms with Gasteiger partial charge in [0.25, 0.3) is 11.8 Å². The lowest BCUT2D eigenvalue weighted by Crippen LogP contribution is -2.69. The minimum atomic E-state index is -1.49. The Kier molecular flexibility index (Phi) is 13.1. The zero-order valence-electron chi connectivity index (χ0n) is 30.1. The van der Waals surface area contributed by atoms with Gasteiger partial charge in [0.2, 0.25) is 6.41 Å². The van der Waals surface area contributed by atoms with Crippen molar-refractivity contribution >= 4 is 70.2 Å². The summed E-state index contributed by atoms with van der Waals surface area (Å²) in [7, 11) is 1.23. The summed E-state index contributed by atoms with van der Waals surface area (Å²) in [4.78, 5) is 87.9. The second-order valence-electron chi connectivity index (χ2n) is 12.8. The predicted octanol–water partition coefficient (Wildman–Crippen LogP) is 3.67. The van der Waals surface area contributed by atoms with Gasteiger partial charge in [-0.2, -0.15) is 0 Å². The molecule has 3 aromatic rings. The number of hydrogen-bond donors (Lipinski definition) is 3. The first-order valence-corrected chi connectivity index (χ1v) is 18.5. The van der Waals surface area contributed by atoms with Crippen LogP contribution >= 0.6 is 23.1 Å². The second kappa shape index (κ2) is 17.9. The van der Waals surface area contributed by atoms with Crippen molar-refractivity contribution in [3.05, 3.63) is 107 Å². The summed E-state index contributed by atoms with van der Waals surface area (Å²) in [6, 6.07) is 15.4. The molecule has 3 unspecified atom stereocenters. The van der Waals surface area contributed by atoms with Crippen molar-refractivity contribution in [3.63, 3.8) is 0 Å². The molecule has 2 aliphatic heterocycles. The van der Waals surface area contributed by atoms with Gasteiger partial charge in [0, 0.05) is 11.6 Å². The van der Waals surface area contributed by atoms with E-state index in [0.29, 0.717) is 23.1 Å². The SMILES string of the molecule is C=CC1=CN2C(=O)C(NC(=O)/C(=N\OC)c3csc(NC=O)n3)[C@H]2SC1C(=O)OCC(NC(=O)OC(C)(C)C)C(=O)OC(c1ccccc1)c1ccccc1. The summed E-state index contributed by atoms with van der Waals surface area (Å²) in [5, 5.41) is 11.1. The van der Waals surface area contributed by atoms with Crippen molar-refractivity contribution < 1.29 is 47.8 Å². The Labute approximate surface area is 324 Å². The fourth-order valence-corrected chi connectivity index (χ4v) is 7.41. The highest BCUT2D eigenvalue weighted by molar-refractivity contribution is 8.01. The van der Waals surface area contributed by atoms with E-state index in [0.717, 1.165) is 23.1 Å². The maximum absolute atomic E-state index is 13.8. The molecule has 1 aromatic heterocycles. The molecule has 1 saturated heterocycles. The number of thioether (sulfide) groups is 1. The van der Waals surface area contributed by atoms with E-state index in [-0.39, 0.29) is 16.5 Å². The summed E-state index contributed by atoms with van der Waals surface area (Å²) in [5.74, 6) is -2.97. The Morgan fingerprint density at radius 3 is 2.29 bits per heavy atom. The number of carbonyl (C=O) groups excluding carboxylic acids is 6. The molecule has 3 heterocycles. The number of anilines is 1. The molecule has 55 heavy (non-hydrogen) atoms. The average Bonchev–Trinajstić information content (AvgIpc) is 3.63. The third-order valence-corrected chi connectivity index (χ3v) is 10.1. The molecule has 2 aliphatic rings. The van der Waals surface area contributed by atoms with Gasteiger partial charge in [-0.25, -0.2) is 14.6 Å². The summed E-state index contributed by atoms with van der Waals surface area (Å²) < 4.78 is 17.0. The number of nitrogens with one attached hydrogen (secondary N) is 3. The number of hydrogen-bond acceptors (Lipinski definition) is 14. The van der Waals surface area contributed by atoms with Crippen LogP contribution in [0.5, 0.6) is 0 Å². The van der Waals surface area contributed by atoms with Crippen molar-refractivity contribution in [1.29, 1.82) is 0 Å². The lowest BCUT2D eigenvalue weighted by molar-refractivity contribution is -0.155. The number of fused-ring (bicyclic) bond motifs is 1. The third-order valence-electron chi connectivity index (χ3n) is 7.82. The first kappa shape index (κ1) is 40.2. The van der Waals surface area contributed by atoms with Gasteiger partial charge in [-0.3, -0.25) is 19.2 Å². The van der Waals surface area contributed by atoms with Gasteiger partial charge in [0.1, 0.15) is 41.7 Å². The predicted molar refractivity (Wildman–Crippen MR) is 203 cm³/mol. The fraction of sp³-hybridized carbons (Fsp3) is 0.297. The molecule has 0 radical (unpaired) electrons. The smallest absolute Gasteiger partial charge is 0.408 e. The highest BCUT2D eigenvalue weighted by Crippen LogP contribution is 2.41. The maximum atomic E-state index is 13.8. The number of amides is 4. The monoisotopic (exact) mass is 790 g/mol. The second-order valence-corrected chi connectivity index (χ2v) is 14.9. The molecule has 4 atom stereocenters. The van der Waals surface area contributed by atoms with E-state index in [1.165, 1.54) is 29.7 Å². The van der Waals surface area contributed by atoms with Gasteiger partial charge in [-0.05, 0) is 37.5 Å². The number of benzene rings is 2. The van der Waals surface area contributed by atoms with Crippen LogP contribution in [0.3, 0.4) is 0 Å². The standard InChI is InChI=1S/C37H38N6O10S2/c1-6-21-17-43-31(46)27(41-30(45)26(42-50-5)25-19-54-35(39-25)38-20-44)32(43)55-29(21)34(48)51-18-24(40-36(49)53-37(2,3)4)33(47)52-28(22-13-9-7-10-14-22)23-15-11-8-12-16-23/h6-17,19-20,24,27-29,32H,1,18H2,2-5H3,(H,40,49)(H,41,45)(H,38,39,44)/b42-26-/t24?,27?,29?,32-/m1/s1. The molecule has 16 nitrogen and oxygen atoms in total. The number of allylic oxidation sites excluding steroid dienone is 1. The van der Waals surface area contributed by atoms with Crippen LogP contribution in [0.2, 0.25) is 0 Å². The summed E-state index contributed by atoms with van der Waals surface area (Å²) in [6.45, 7) is 8.10. The zero-order valence-corrected chi connectivity index (χ0v) is 31.8. The maximum Gasteiger partial charge on any atom is 0.408 e. The Balaban J connectivity index is 1.31. The van der Waals surface area contributed by atoms with E-state index >= 15 is 0 Å². The number of esters is 2. The van der Waals surface area contributed by atoms with E-state index in [9.17, 15) is 28.8 Å². The molecule has 288 valence electrons. The first-order valence-electron chi connectivity index (χ1n) is 16.7. The lowest BCUT2D eigenvalue weighted by Gasteiger charge is -2.48. The number of carbonyl (C=O) groups is 6. The molecule has 5 rings (SSSR count). The normalized spacial score (nSPS) is 18.4. The average molecular weight is 791 g/mol. The van der Waals surface area contributed by atoms with Gasteiger partial charge in [0.15, 0.2) is 23.0 Å². The summed E-state index contributed by atoms with van der Waals surface area (Å²) >= 11 is 2.06. The number of β-lactam (4-membered cyclic amide) rings is 1. The molecule has 0 saturated carbocycles. The van der Waals surface area contributed by atoms with Crippen LogP contribution in [0.15, 0.2) is 95.6 Å². The Morgan fingerprint density at radius 1 is 1.05 bits per heavy atom. The van der Waals surface area contributed by atoms with Gasteiger partial charge in [0.05, 0.1) is 0 Å². The first-order chi connectivity index (χ1) is 26.3. The van der Waals surface area contributed by atoms with E-state index in [2.05, 4.69) is 32.7 Å². The topological polar surface area (TPSA) is 204 Å². The van der Waals surface area contributed by atoms with E-state index in [1.807, 2.05) is 12.1 Å². The minimum Gasteiger partial charge on any atom is -0.462 e. The quantitative estimate of drug-likeness (QED) is 0.0504. The van der Waals surface area contributed by atoms with Crippen LogP contribution in [0.1, 0.15) is 43.7 Å². The number of rotatable bonds is 15. The number of alkyl carbamates (subject to hydrolysis) is 1. The largest absolute Gasteiger partial charge is 0.462 e. The van der Waals surface area contributed by atoms with Crippen molar-refractivity contribution in [1.82, 2.24) is 20.5 Å². The molecule has 0 bridgehead atoms. The van der Waals surface area contributed by atoms with E-state index in [1.54, 1.807) is 69.3 Å². The molecule has 18 heteroatoms. The molecule has 4 amide bonds.